The van der Waals surface area contributed by atoms with Gasteiger partial charge in [-0.15, -0.1) is 0 Å². The van der Waals surface area contributed by atoms with Crippen LogP contribution >= 0.6 is 22.8 Å². The van der Waals surface area contributed by atoms with Gasteiger partial charge in [0.2, 0.25) is 0 Å². The molecular formula is C7H21N2O10P3. The van der Waals surface area contributed by atoms with Gasteiger partial charge < -0.3 is 34.5 Å². The normalized spacial score (nSPS) is 14.0. The van der Waals surface area contributed by atoms with Crippen LogP contribution in [0.25, 0.3) is 0 Å². The molecule has 7 N–H and O–H groups in total. The zero-order valence-electron chi connectivity index (χ0n) is 11.5. The highest BCUT2D eigenvalue weighted by Gasteiger charge is 2.27. The fraction of sp³-hybridized carbons (Fsp3) is 1.00. The van der Waals surface area contributed by atoms with Gasteiger partial charge in [-0.3, -0.25) is 23.5 Å². The second-order valence-corrected chi connectivity index (χ2v) is 9.49. The first-order chi connectivity index (χ1) is 9.72. The minimum Gasteiger partial charge on any atom is -0.395 e. The van der Waals surface area contributed by atoms with Crippen LogP contribution in [0.5, 0.6) is 0 Å². The maximum atomic E-state index is 10.9. The largest absolute Gasteiger partial charge is 0.395 e. The van der Waals surface area contributed by atoms with Gasteiger partial charge in [0, 0.05) is 19.6 Å². The average Bonchev–Trinajstić information content (AvgIpc) is 2.19. The fourth-order valence-corrected chi connectivity index (χ4v) is 4.13. The van der Waals surface area contributed by atoms with E-state index in [2.05, 4.69) is 0 Å². The molecule has 0 amide bonds. The Morgan fingerprint density at radius 3 is 1.23 bits per heavy atom. The van der Waals surface area contributed by atoms with Gasteiger partial charge in [-0.1, -0.05) is 0 Å². The lowest BCUT2D eigenvalue weighted by molar-refractivity contribution is 0.183. The second-order valence-electron chi connectivity index (χ2n) is 4.65. The van der Waals surface area contributed by atoms with Gasteiger partial charge in [-0.2, -0.15) is 0 Å². The molecule has 0 saturated carbocycles. The van der Waals surface area contributed by atoms with Crippen molar-refractivity contribution in [1.82, 2.24) is 9.80 Å². The van der Waals surface area contributed by atoms with Gasteiger partial charge in [0.15, 0.2) is 0 Å². The van der Waals surface area contributed by atoms with Crippen LogP contribution in [0.1, 0.15) is 0 Å². The van der Waals surface area contributed by atoms with E-state index in [1.807, 2.05) is 0 Å². The quantitative estimate of drug-likeness (QED) is 0.193. The van der Waals surface area contributed by atoms with E-state index in [4.69, 9.17) is 34.5 Å². The maximum absolute atomic E-state index is 10.9. The van der Waals surface area contributed by atoms with E-state index in [9.17, 15) is 13.7 Å². The summed E-state index contributed by atoms with van der Waals surface area (Å²) in [5, 5.41) is 8.81. The lowest BCUT2D eigenvalue weighted by atomic mass is 10.5. The molecule has 0 rings (SSSR count). The summed E-state index contributed by atoms with van der Waals surface area (Å²) in [7, 11) is -13.5. The molecule has 15 heteroatoms. The number of rotatable bonds is 11. The van der Waals surface area contributed by atoms with Crippen molar-refractivity contribution in [3.05, 3.63) is 0 Å². The standard InChI is InChI=1S/C7H21N2O10P3/c10-4-3-8(5-20(11,12)13)1-2-9(6-21(14,15)16)7-22(17,18)19/h10H,1-7H2,(H2,11,12,13)(H2,14,15,16)(H2,17,18,19). The van der Waals surface area contributed by atoms with Gasteiger partial charge in [0.25, 0.3) is 0 Å². The van der Waals surface area contributed by atoms with Crippen molar-refractivity contribution in [2.75, 3.05) is 45.1 Å². The second kappa shape index (κ2) is 8.98. The number of nitrogens with zero attached hydrogens (tertiary/aromatic N) is 2. The third kappa shape index (κ3) is 14.0. The van der Waals surface area contributed by atoms with Crippen LogP contribution in [0.4, 0.5) is 0 Å². The van der Waals surface area contributed by atoms with E-state index in [0.717, 1.165) is 9.80 Å². The molecule has 0 bridgehead atoms. The van der Waals surface area contributed by atoms with E-state index in [-0.39, 0.29) is 19.6 Å². The van der Waals surface area contributed by atoms with E-state index in [1.54, 1.807) is 0 Å². The zero-order valence-corrected chi connectivity index (χ0v) is 14.2. The molecule has 0 spiro atoms. The third-order valence-electron chi connectivity index (χ3n) is 2.30. The highest BCUT2D eigenvalue weighted by atomic mass is 31.2. The van der Waals surface area contributed by atoms with Gasteiger partial charge >= 0.3 is 22.8 Å². The first-order valence-corrected chi connectivity index (χ1v) is 11.3. The van der Waals surface area contributed by atoms with Crippen LogP contribution < -0.4 is 0 Å². The summed E-state index contributed by atoms with van der Waals surface area (Å²) in [6.45, 7) is -0.913. The SMILES string of the molecule is O=P(O)(O)CN(CCO)CCN(CP(=O)(O)O)CP(=O)(O)O. The van der Waals surface area contributed by atoms with Crippen molar-refractivity contribution in [2.24, 2.45) is 0 Å². The van der Waals surface area contributed by atoms with Crippen LogP contribution in [-0.2, 0) is 13.7 Å². The number of aliphatic hydroxyl groups excluding tert-OH is 1. The van der Waals surface area contributed by atoms with Crippen LogP contribution in [0.3, 0.4) is 0 Å². The van der Waals surface area contributed by atoms with Crippen LogP contribution in [0.2, 0.25) is 0 Å². The smallest absolute Gasteiger partial charge is 0.339 e. The Hall–Kier alpha value is 0.330. The first kappa shape index (κ1) is 22.3. The maximum Gasteiger partial charge on any atom is 0.339 e. The Bertz CT molecular complexity index is 445. The third-order valence-corrected chi connectivity index (χ3v) is 4.61. The van der Waals surface area contributed by atoms with Crippen molar-refractivity contribution in [1.29, 1.82) is 0 Å². The summed E-state index contributed by atoms with van der Waals surface area (Å²) in [6.07, 6.45) is -2.49. The molecule has 0 aromatic carbocycles. The molecule has 0 unspecified atom stereocenters. The van der Waals surface area contributed by atoms with E-state index in [1.165, 1.54) is 0 Å². The van der Waals surface area contributed by atoms with E-state index in [0.29, 0.717) is 0 Å². The predicted molar refractivity (Wildman–Crippen MR) is 76.1 cm³/mol. The van der Waals surface area contributed by atoms with Crippen molar-refractivity contribution in [2.45, 2.75) is 0 Å². The minimum absolute atomic E-state index is 0.106. The summed E-state index contributed by atoms with van der Waals surface area (Å²) in [5.74, 6) is 0. The first-order valence-electron chi connectivity index (χ1n) is 5.91. The van der Waals surface area contributed by atoms with Gasteiger partial charge in [0.1, 0.15) is 18.9 Å². The molecule has 0 radical (unpaired) electrons. The molecule has 22 heavy (non-hydrogen) atoms. The number of hydrogen-bond acceptors (Lipinski definition) is 6. The summed E-state index contributed by atoms with van der Waals surface area (Å²) in [4.78, 5) is 55.2. The summed E-state index contributed by atoms with van der Waals surface area (Å²) in [5.41, 5.74) is 0. The molecule has 0 aliphatic heterocycles. The average molecular weight is 386 g/mol. The van der Waals surface area contributed by atoms with Gasteiger partial charge in [0.05, 0.1) is 6.61 Å². The molecular weight excluding hydrogens is 365 g/mol. The topological polar surface area (TPSA) is 199 Å². The predicted octanol–water partition coefficient (Wildman–Crippen LogP) is -2.01. The van der Waals surface area contributed by atoms with E-state index >= 15 is 0 Å². The number of aliphatic hydroxyl groups is 1. The van der Waals surface area contributed by atoms with Crippen molar-refractivity contribution in [3.63, 3.8) is 0 Å². The minimum atomic E-state index is -4.56. The monoisotopic (exact) mass is 386 g/mol. The Balaban J connectivity index is 4.78. The zero-order chi connectivity index (χ0) is 17.6. The van der Waals surface area contributed by atoms with Gasteiger partial charge in [-0.05, 0) is 0 Å². The molecule has 0 aliphatic carbocycles. The molecule has 0 atom stereocenters. The van der Waals surface area contributed by atoms with Crippen LogP contribution in [0, 0.1) is 0 Å². The molecule has 0 aliphatic rings. The number of hydrogen-bond donors (Lipinski definition) is 7. The molecule has 12 nitrogen and oxygen atoms in total. The van der Waals surface area contributed by atoms with Crippen molar-refractivity contribution < 1.29 is 48.2 Å². The fourth-order valence-electron chi connectivity index (χ4n) is 1.65. The summed E-state index contributed by atoms with van der Waals surface area (Å²) < 4.78 is 32.8. The Kier molecular flexibility index (Phi) is 9.12. The van der Waals surface area contributed by atoms with Gasteiger partial charge in [-0.25, -0.2) is 0 Å². The Morgan fingerprint density at radius 2 is 0.909 bits per heavy atom. The molecule has 0 saturated heterocycles. The van der Waals surface area contributed by atoms with Crippen LogP contribution in [0.15, 0.2) is 0 Å². The summed E-state index contributed by atoms with van der Waals surface area (Å²) >= 11 is 0. The molecule has 0 aromatic rings. The highest BCUT2D eigenvalue weighted by molar-refractivity contribution is 7.52. The van der Waals surface area contributed by atoms with Crippen LogP contribution in [-0.4, -0.2) is 89.4 Å². The Labute approximate surface area is 126 Å². The lowest BCUT2D eigenvalue weighted by Gasteiger charge is -2.27. The molecule has 134 valence electrons. The van der Waals surface area contributed by atoms with Crippen molar-refractivity contribution >= 4 is 22.8 Å². The lowest BCUT2D eigenvalue weighted by Crippen LogP contribution is -2.38. The molecule has 0 fully saturated rings. The van der Waals surface area contributed by atoms with Crippen molar-refractivity contribution in [3.8, 4) is 0 Å². The molecule has 0 aromatic heterocycles. The summed E-state index contributed by atoms with van der Waals surface area (Å²) in [6, 6.07) is 0. The highest BCUT2D eigenvalue weighted by Crippen LogP contribution is 2.41. The Morgan fingerprint density at radius 1 is 0.591 bits per heavy atom. The van der Waals surface area contributed by atoms with E-state index < -0.39 is 48.3 Å². The molecule has 0 heterocycles.